The minimum Gasteiger partial charge on any atom is -0.336 e. The second-order valence-electron chi connectivity index (χ2n) is 6.54. The van der Waals surface area contributed by atoms with Crippen molar-refractivity contribution in [1.29, 1.82) is 0 Å². The van der Waals surface area contributed by atoms with Crippen molar-refractivity contribution in [1.82, 2.24) is 4.90 Å². The third-order valence-electron chi connectivity index (χ3n) is 5.16. The Bertz CT molecular complexity index is 642. The fourth-order valence-corrected chi connectivity index (χ4v) is 5.50. The molecule has 134 valence electrons. The molecule has 0 unspecified atom stereocenters. The van der Waals surface area contributed by atoms with Gasteiger partial charge in [-0.05, 0) is 56.9 Å². The summed E-state index contributed by atoms with van der Waals surface area (Å²) in [6.45, 7) is 6.81. The van der Waals surface area contributed by atoms with E-state index in [1.807, 2.05) is 11.8 Å². The van der Waals surface area contributed by atoms with Gasteiger partial charge in [0.25, 0.3) is 5.91 Å². The normalized spacial score (nSPS) is 15.8. The van der Waals surface area contributed by atoms with Crippen molar-refractivity contribution >= 4 is 15.7 Å². The summed E-state index contributed by atoms with van der Waals surface area (Å²) < 4.78 is 25.2. The average molecular weight is 352 g/mol. The minimum atomic E-state index is -3.26. The second-order valence-corrected chi connectivity index (χ2v) is 8.77. The van der Waals surface area contributed by atoms with Crippen molar-refractivity contribution in [3.63, 3.8) is 0 Å². The molecule has 1 aliphatic carbocycles. The lowest BCUT2D eigenvalue weighted by Crippen LogP contribution is -2.39. The molecule has 1 aromatic rings. The summed E-state index contributed by atoms with van der Waals surface area (Å²) in [5.74, 6) is -0.0176. The van der Waals surface area contributed by atoms with Crippen molar-refractivity contribution in [2.24, 2.45) is 0 Å². The van der Waals surface area contributed by atoms with E-state index in [2.05, 4.69) is 13.8 Å². The third kappa shape index (κ3) is 3.82. The van der Waals surface area contributed by atoms with Gasteiger partial charge < -0.3 is 4.90 Å². The maximum absolute atomic E-state index is 12.7. The summed E-state index contributed by atoms with van der Waals surface area (Å²) in [4.78, 5) is 14.9. The van der Waals surface area contributed by atoms with E-state index in [1.54, 1.807) is 24.3 Å². The Kier molecular flexibility index (Phi) is 6.44. The van der Waals surface area contributed by atoms with Crippen LogP contribution in [0.2, 0.25) is 0 Å². The van der Waals surface area contributed by atoms with E-state index in [4.69, 9.17) is 0 Å². The molecule has 0 saturated heterocycles. The zero-order valence-corrected chi connectivity index (χ0v) is 15.8. The number of sulfone groups is 1. The molecule has 1 aromatic carbocycles. The Morgan fingerprint density at radius 3 is 2.08 bits per heavy atom. The molecule has 1 amide bonds. The predicted molar refractivity (Wildman–Crippen MR) is 97.0 cm³/mol. The van der Waals surface area contributed by atoms with Gasteiger partial charge in [0.05, 0.1) is 10.1 Å². The van der Waals surface area contributed by atoms with E-state index >= 15 is 0 Å². The maximum Gasteiger partial charge on any atom is 0.254 e. The van der Waals surface area contributed by atoms with Crippen LogP contribution in [0.25, 0.3) is 0 Å². The molecule has 0 heterocycles. The number of carbonyl (C=O) groups excluding carboxylic acids is 1. The van der Waals surface area contributed by atoms with Crippen LogP contribution in [0, 0.1) is 0 Å². The van der Waals surface area contributed by atoms with Crippen LogP contribution in [0.5, 0.6) is 0 Å². The first-order valence-corrected chi connectivity index (χ1v) is 10.6. The number of benzene rings is 1. The van der Waals surface area contributed by atoms with E-state index in [1.165, 1.54) is 0 Å². The fraction of sp³-hybridized carbons (Fsp3) is 0.632. The SMILES string of the molecule is CCC(CC)N(CC)C(=O)c1ccc(S(=O)(=O)C2CCCC2)cc1. The van der Waals surface area contributed by atoms with Gasteiger partial charge in [-0.2, -0.15) is 0 Å². The topological polar surface area (TPSA) is 54.5 Å². The smallest absolute Gasteiger partial charge is 0.254 e. The van der Waals surface area contributed by atoms with Gasteiger partial charge in [-0.15, -0.1) is 0 Å². The number of hydrogen-bond acceptors (Lipinski definition) is 3. The van der Waals surface area contributed by atoms with Gasteiger partial charge >= 0.3 is 0 Å². The molecule has 0 N–H and O–H groups in total. The number of carbonyl (C=O) groups is 1. The first-order valence-electron chi connectivity index (χ1n) is 9.10. The Labute approximate surface area is 146 Å². The number of hydrogen-bond donors (Lipinski definition) is 0. The molecule has 0 bridgehead atoms. The molecule has 0 atom stereocenters. The van der Waals surface area contributed by atoms with Crippen molar-refractivity contribution in [3.05, 3.63) is 29.8 Å². The minimum absolute atomic E-state index is 0.0176. The molecule has 0 aliphatic heterocycles. The van der Waals surface area contributed by atoms with E-state index < -0.39 is 9.84 Å². The molecule has 1 saturated carbocycles. The maximum atomic E-state index is 12.7. The highest BCUT2D eigenvalue weighted by molar-refractivity contribution is 7.92. The molecule has 1 fully saturated rings. The highest BCUT2D eigenvalue weighted by atomic mass is 32.2. The van der Waals surface area contributed by atoms with Gasteiger partial charge in [0.1, 0.15) is 0 Å². The molecule has 0 spiro atoms. The Balaban J connectivity index is 2.20. The van der Waals surface area contributed by atoms with Crippen LogP contribution in [0.3, 0.4) is 0 Å². The van der Waals surface area contributed by atoms with Crippen molar-refractivity contribution in [2.45, 2.75) is 75.5 Å². The van der Waals surface area contributed by atoms with Gasteiger partial charge in [0, 0.05) is 18.2 Å². The molecule has 0 aromatic heterocycles. The highest BCUT2D eigenvalue weighted by Crippen LogP contribution is 2.29. The average Bonchev–Trinajstić information content (AvgIpc) is 3.14. The lowest BCUT2D eigenvalue weighted by molar-refractivity contribution is 0.0680. The summed E-state index contributed by atoms with van der Waals surface area (Å²) in [6.07, 6.45) is 5.32. The first kappa shape index (κ1) is 19.0. The van der Waals surface area contributed by atoms with Gasteiger partial charge in [-0.3, -0.25) is 4.79 Å². The third-order valence-corrected chi connectivity index (χ3v) is 7.43. The standard InChI is InChI=1S/C19H29NO3S/c1-4-16(5-2)20(6-3)19(21)15-11-13-18(14-12-15)24(22,23)17-9-7-8-10-17/h11-14,16-17H,4-10H2,1-3H3. The van der Waals surface area contributed by atoms with Crippen molar-refractivity contribution in [3.8, 4) is 0 Å². The van der Waals surface area contributed by atoms with E-state index in [9.17, 15) is 13.2 Å². The summed E-state index contributed by atoms with van der Waals surface area (Å²) in [6, 6.07) is 6.75. The van der Waals surface area contributed by atoms with E-state index in [-0.39, 0.29) is 17.2 Å². The van der Waals surface area contributed by atoms with Crippen molar-refractivity contribution < 1.29 is 13.2 Å². The molecule has 24 heavy (non-hydrogen) atoms. The van der Waals surface area contributed by atoms with E-state index in [0.29, 0.717) is 17.0 Å². The number of amides is 1. The largest absolute Gasteiger partial charge is 0.336 e. The molecule has 5 heteroatoms. The van der Waals surface area contributed by atoms with Gasteiger partial charge in [0.15, 0.2) is 9.84 Å². The van der Waals surface area contributed by atoms with Crippen LogP contribution in [-0.2, 0) is 9.84 Å². The van der Waals surface area contributed by atoms with Crippen molar-refractivity contribution in [2.75, 3.05) is 6.54 Å². The summed E-state index contributed by atoms with van der Waals surface area (Å²) >= 11 is 0. The van der Waals surface area contributed by atoms with Crippen LogP contribution >= 0.6 is 0 Å². The molecule has 2 rings (SSSR count). The Hall–Kier alpha value is -1.36. The van der Waals surface area contributed by atoms with Gasteiger partial charge in [0.2, 0.25) is 0 Å². The van der Waals surface area contributed by atoms with Crippen LogP contribution < -0.4 is 0 Å². The predicted octanol–water partition coefficient (Wildman–Crippen LogP) is 4.05. The quantitative estimate of drug-likeness (QED) is 0.744. The molecule has 4 nitrogen and oxygen atoms in total. The van der Waals surface area contributed by atoms with Crippen LogP contribution in [0.4, 0.5) is 0 Å². The highest BCUT2D eigenvalue weighted by Gasteiger charge is 2.30. The molecular weight excluding hydrogens is 322 g/mol. The van der Waals surface area contributed by atoms with Crippen LogP contribution in [0.1, 0.15) is 69.7 Å². The second kappa shape index (κ2) is 8.15. The fourth-order valence-electron chi connectivity index (χ4n) is 3.64. The van der Waals surface area contributed by atoms with Gasteiger partial charge in [-0.1, -0.05) is 26.7 Å². The monoisotopic (exact) mass is 351 g/mol. The number of rotatable bonds is 7. The lowest BCUT2D eigenvalue weighted by Gasteiger charge is -2.29. The molecular formula is C19H29NO3S. The first-order chi connectivity index (χ1) is 11.5. The lowest BCUT2D eigenvalue weighted by atomic mass is 10.1. The summed E-state index contributed by atoms with van der Waals surface area (Å²) in [5.41, 5.74) is 0.564. The summed E-state index contributed by atoms with van der Waals surface area (Å²) in [7, 11) is -3.26. The number of nitrogens with zero attached hydrogens (tertiary/aromatic N) is 1. The van der Waals surface area contributed by atoms with E-state index in [0.717, 1.165) is 38.5 Å². The zero-order valence-electron chi connectivity index (χ0n) is 15.0. The van der Waals surface area contributed by atoms with Gasteiger partial charge in [-0.25, -0.2) is 8.42 Å². The zero-order chi connectivity index (χ0) is 17.7. The Morgan fingerprint density at radius 1 is 1.08 bits per heavy atom. The Morgan fingerprint density at radius 2 is 1.62 bits per heavy atom. The molecule has 1 aliphatic rings. The van der Waals surface area contributed by atoms with Crippen LogP contribution in [-0.4, -0.2) is 37.1 Å². The van der Waals surface area contributed by atoms with Crippen LogP contribution in [0.15, 0.2) is 29.2 Å². The molecule has 0 radical (unpaired) electrons. The summed E-state index contributed by atoms with van der Waals surface area (Å²) in [5, 5.41) is -0.254.